The van der Waals surface area contributed by atoms with Gasteiger partial charge >= 0.3 is 0 Å². The van der Waals surface area contributed by atoms with Crippen molar-refractivity contribution in [2.75, 3.05) is 0 Å². The minimum absolute atomic E-state index is 0.157. The topological polar surface area (TPSA) is 12.0 Å². The van der Waals surface area contributed by atoms with Crippen LogP contribution >= 0.6 is 11.6 Å². The fourth-order valence-corrected chi connectivity index (χ4v) is 4.98. The SMILES string of the molecule is CC(NCc1ccc2ccccc2c1)C(Cc1ccc(-c2ccccc2)c(F)c1)c1ccc(Cl)cc1. The number of fused-ring (bicyclic) bond motifs is 1. The molecule has 0 aliphatic heterocycles. The van der Waals surface area contributed by atoms with Gasteiger partial charge in [-0.1, -0.05) is 103 Å². The number of rotatable bonds is 8. The Bertz CT molecular complexity index is 1450. The van der Waals surface area contributed by atoms with Crippen molar-refractivity contribution < 1.29 is 4.39 Å². The van der Waals surface area contributed by atoms with E-state index in [1.54, 1.807) is 6.07 Å². The van der Waals surface area contributed by atoms with Crippen molar-refractivity contribution in [3.05, 3.63) is 143 Å². The van der Waals surface area contributed by atoms with Crippen LogP contribution in [0.4, 0.5) is 4.39 Å². The molecule has 2 unspecified atom stereocenters. The summed E-state index contributed by atoms with van der Waals surface area (Å²) in [5, 5.41) is 6.93. The van der Waals surface area contributed by atoms with Crippen molar-refractivity contribution in [1.82, 2.24) is 5.32 Å². The highest BCUT2D eigenvalue weighted by Gasteiger charge is 2.21. The predicted molar refractivity (Wildman–Crippen MR) is 150 cm³/mol. The number of nitrogens with one attached hydrogen (secondary N) is 1. The van der Waals surface area contributed by atoms with Crippen molar-refractivity contribution >= 4 is 22.4 Å². The summed E-state index contributed by atoms with van der Waals surface area (Å²) in [5.41, 5.74) is 4.93. The van der Waals surface area contributed by atoms with Gasteiger partial charge in [-0.25, -0.2) is 4.39 Å². The highest BCUT2D eigenvalue weighted by molar-refractivity contribution is 6.30. The Morgan fingerprint density at radius 1 is 0.722 bits per heavy atom. The molecule has 0 saturated carbocycles. The van der Waals surface area contributed by atoms with Crippen LogP contribution < -0.4 is 5.32 Å². The standard InChI is InChI=1S/C33H29ClFN/c1-23(36-22-25-11-13-26-7-5-6-10-29(26)19-25)32(28-14-16-30(34)17-15-28)20-24-12-18-31(33(35)21-24)27-8-3-2-4-9-27/h2-19,21,23,32,36H,20,22H2,1H3. The van der Waals surface area contributed by atoms with E-state index in [4.69, 9.17) is 11.6 Å². The third kappa shape index (κ3) is 5.67. The fourth-order valence-electron chi connectivity index (χ4n) is 4.85. The molecule has 0 spiro atoms. The van der Waals surface area contributed by atoms with Crippen molar-refractivity contribution in [3.63, 3.8) is 0 Å². The van der Waals surface area contributed by atoms with E-state index >= 15 is 4.39 Å². The van der Waals surface area contributed by atoms with Crippen molar-refractivity contribution in [3.8, 4) is 11.1 Å². The zero-order valence-electron chi connectivity index (χ0n) is 20.3. The third-order valence-electron chi connectivity index (χ3n) is 6.92. The monoisotopic (exact) mass is 493 g/mol. The molecule has 0 aliphatic rings. The highest BCUT2D eigenvalue weighted by atomic mass is 35.5. The molecule has 5 aromatic carbocycles. The third-order valence-corrected chi connectivity index (χ3v) is 7.17. The van der Waals surface area contributed by atoms with Crippen molar-refractivity contribution in [2.24, 2.45) is 0 Å². The van der Waals surface area contributed by atoms with Crippen LogP contribution in [0.2, 0.25) is 5.02 Å². The van der Waals surface area contributed by atoms with Crippen LogP contribution in [0.5, 0.6) is 0 Å². The molecule has 0 aliphatic carbocycles. The molecule has 0 heterocycles. The zero-order valence-corrected chi connectivity index (χ0v) is 21.1. The molecule has 0 fully saturated rings. The Morgan fingerprint density at radius 3 is 2.17 bits per heavy atom. The van der Waals surface area contributed by atoms with Gasteiger partial charge in [0.05, 0.1) is 0 Å². The van der Waals surface area contributed by atoms with Gasteiger partial charge in [0.25, 0.3) is 0 Å². The van der Waals surface area contributed by atoms with E-state index in [0.717, 1.165) is 24.1 Å². The number of hydrogen-bond donors (Lipinski definition) is 1. The van der Waals surface area contributed by atoms with E-state index in [9.17, 15) is 0 Å². The number of hydrogen-bond acceptors (Lipinski definition) is 1. The van der Waals surface area contributed by atoms with Crippen LogP contribution in [-0.4, -0.2) is 6.04 Å². The van der Waals surface area contributed by atoms with Crippen LogP contribution in [-0.2, 0) is 13.0 Å². The van der Waals surface area contributed by atoms with Crippen LogP contribution in [0.1, 0.15) is 29.5 Å². The van der Waals surface area contributed by atoms with E-state index < -0.39 is 0 Å². The van der Waals surface area contributed by atoms with Gasteiger partial charge in [-0.15, -0.1) is 0 Å². The first-order valence-corrected chi connectivity index (χ1v) is 12.7. The minimum atomic E-state index is -0.190. The van der Waals surface area contributed by atoms with Gasteiger partial charge in [0.1, 0.15) is 5.82 Å². The maximum Gasteiger partial charge on any atom is 0.131 e. The Labute approximate surface area is 217 Å². The molecule has 2 atom stereocenters. The van der Waals surface area contributed by atoms with Gasteiger partial charge < -0.3 is 5.32 Å². The van der Waals surface area contributed by atoms with E-state index in [1.165, 1.54) is 21.9 Å². The maximum absolute atomic E-state index is 15.1. The summed E-state index contributed by atoms with van der Waals surface area (Å²) in [5.74, 6) is -0.0324. The van der Waals surface area contributed by atoms with Crippen LogP contribution in [0.15, 0.2) is 115 Å². The maximum atomic E-state index is 15.1. The zero-order chi connectivity index (χ0) is 24.9. The first-order valence-electron chi connectivity index (χ1n) is 12.4. The van der Waals surface area contributed by atoms with Gasteiger partial charge in [-0.3, -0.25) is 0 Å². The Balaban J connectivity index is 1.36. The van der Waals surface area contributed by atoms with E-state index in [2.05, 4.69) is 66.8 Å². The minimum Gasteiger partial charge on any atom is -0.310 e. The van der Waals surface area contributed by atoms with E-state index in [0.29, 0.717) is 10.6 Å². The van der Waals surface area contributed by atoms with Gasteiger partial charge in [0.15, 0.2) is 0 Å². The van der Waals surface area contributed by atoms with Crippen molar-refractivity contribution in [1.29, 1.82) is 0 Å². The van der Waals surface area contributed by atoms with Crippen LogP contribution in [0, 0.1) is 5.82 Å². The second-order valence-electron chi connectivity index (χ2n) is 9.39. The van der Waals surface area contributed by atoms with Gasteiger partial charge in [-0.2, -0.15) is 0 Å². The summed E-state index contributed by atoms with van der Waals surface area (Å²) in [4.78, 5) is 0. The van der Waals surface area contributed by atoms with Gasteiger partial charge in [-0.05, 0) is 70.6 Å². The first kappa shape index (κ1) is 24.2. The molecule has 0 aromatic heterocycles. The van der Waals surface area contributed by atoms with Crippen LogP contribution in [0.3, 0.4) is 0 Å². The van der Waals surface area contributed by atoms with Crippen molar-refractivity contribution in [2.45, 2.75) is 31.8 Å². The second kappa shape index (κ2) is 11.1. The Kier molecular flexibility index (Phi) is 7.46. The molecule has 3 heteroatoms. The molecular weight excluding hydrogens is 465 g/mol. The summed E-state index contributed by atoms with van der Waals surface area (Å²) in [6, 6.07) is 38.5. The largest absolute Gasteiger partial charge is 0.310 e. The fraction of sp³-hybridized carbons (Fsp3) is 0.152. The Morgan fingerprint density at radius 2 is 1.42 bits per heavy atom. The summed E-state index contributed by atoms with van der Waals surface area (Å²) < 4.78 is 15.1. The lowest BCUT2D eigenvalue weighted by molar-refractivity contribution is 0.455. The van der Waals surface area contributed by atoms with Crippen LogP contribution in [0.25, 0.3) is 21.9 Å². The second-order valence-corrected chi connectivity index (χ2v) is 9.83. The molecule has 0 radical (unpaired) electrons. The Hall–Kier alpha value is -3.46. The normalized spacial score (nSPS) is 13.0. The number of halogens is 2. The molecule has 1 nitrogen and oxygen atoms in total. The quantitative estimate of drug-likeness (QED) is 0.228. The average Bonchev–Trinajstić information content (AvgIpc) is 2.91. The summed E-state index contributed by atoms with van der Waals surface area (Å²) in [7, 11) is 0. The molecule has 5 aromatic rings. The lowest BCUT2D eigenvalue weighted by Crippen LogP contribution is -2.33. The molecule has 180 valence electrons. The smallest absolute Gasteiger partial charge is 0.131 e. The summed E-state index contributed by atoms with van der Waals surface area (Å²) >= 11 is 6.18. The average molecular weight is 494 g/mol. The summed E-state index contributed by atoms with van der Waals surface area (Å²) in [6.07, 6.45) is 0.722. The first-order chi connectivity index (χ1) is 17.6. The molecule has 0 bridgehead atoms. The summed E-state index contributed by atoms with van der Waals surface area (Å²) in [6.45, 7) is 2.96. The lowest BCUT2D eigenvalue weighted by Gasteiger charge is -2.26. The number of benzene rings is 5. The highest BCUT2D eigenvalue weighted by Crippen LogP contribution is 2.29. The van der Waals surface area contributed by atoms with Gasteiger partial charge in [0.2, 0.25) is 0 Å². The molecule has 1 N–H and O–H groups in total. The predicted octanol–water partition coefficient (Wildman–Crippen LogP) is 8.80. The molecule has 0 saturated heterocycles. The lowest BCUT2D eigenvalue weighted by atomic mass is 9.86. The van der Waals surface area contributed by atoms with Gasteiger partial charge in [0, 0.05) is 29.1 Å². The van der Waals surface area contributed by atoms with E-state index in [1.807, 2.05) is 54.6 Å². The molecule has 0 amide bonds. The molecule has 5 rings (SSSR count). The van der Waals surface area contributed by atoms with E-state index in [-0.39, 0.29) is 17.8 Å². The molecule has 36 heavy (non-hydrogen) atoms. The molecular formula is C33H29ClFN.